The van der Waals surface area contributed by atoms with Crippen LogP contribution in [0, 0.1) is 0 Å². The van der Waals surface area contributed by atoms with E-state index >= 15 is 0 Å². The number of ether oxygens (including phenoxy) is 1. The number of phenols is 1. The molecule has 0 amide bonds. The first kappa shape index (κ1) is 27.2. The number of nitrogens with two attached hydrogens (primary N) is 2. The van der Waals surface area contributed by atoms with E-state index in [0.717, 1.165) is 24.8 Å². The maximum Gasteiger partial charge on any atom is 0.168 e. The van der Waals surface area contributed by atoms with E-state index < -0.39 is 12.3 Å². The van der Waals surface area contributed by atoms with Crippen LogP contribution < -0.4 is 16.8 Å². The van der Waals surface area contributed by atoms with Crippen LogP contribution in [0.2, 0.25) is 0 Å². The average molecular weight is 475 g/mol. The van der Waals surface area contributed by atoms with Crippen LogP contribution in [0.5, 0.6) is 5.75 Å². The molecule has 0 fully saturated rings. The number of aromatic hydroxyl groups is 1. The molecular formula is C24H38N6O4. The number of anilines is 1. The van der Waals surface area contributed by atoms with Crippen molar-refractivity contribution in [2.75, 3.05) is 18.5 Å². The highest BCUT2D eigenvalue weighted by Crippen LogP contribution is 2.26. The van der Waals surface area contributed by atoms with Gasteiger partial charge in [0.25, 0.3) is 0 Å². The lowest BCUT2D eigenvalue weighted by Crippen LogP contribution is -2.41. The molecule has 10 heteroatoms. The minimum Gasteiger partial charge on any atom is -0.508 e. The summed E-state index contributed by atoms with van der Waals surface area (Å²) in [4.78, 5) is 10.3. The van der Waals surface area contributed by atoms with Crippen LogP contribution in [-0.2, 0) is 11.2 Å². The number of phenolic OH excluding ortho intramolecular Hbond substituents is 1. The first-order valence-electron chi connectivity index (χ1n) is 11.6. The van der Waals surface area contributed by atoms with Crippen molar-refractivity contribution in [2.45, 2.75) is 64.7 Å². The van der Waals surface area contributed by atoms with Gasteiger partial charge in [0.2, 0.25) is 0 Å². The second-order valence-electron chi connectivity index (χ2n) is 8.25. The van der Waals surface area contributed by atoms with Gasteiger partial charge in [0.15, 0.2) is 5.84 Å². The summed E-state index contributed by atoms with van der Waals surface area (Å²) in [6.07, 6.45) is 5.72. The smallest absolute Gasteiger partial charge is 0.168 e. The fraction of sp³-hybridized carbons (Fsp3) is 0.500. The molecule has 0 aromatic heterocycles. The van der Waals surface area contributed by atoms with Crippen molar-refractivity contribution >= 4 is 17.9 Å². The second-order valence-corrected chi connectivity index (χ2v) is 8.25. The number of aliphatic hydroxyl groups excluding tert-OH is 2. The van der Waals surface area contributed by atoms with Gasteiger partial charge in [-0.3, -0.25) is 4.90 Å². The number of nitrogens with one attached hydrogen (secondary N) is 1. The molecule has 2 rings (SSSR count). The molecule has 1 aromatic rings. The molecule has 34 heavy (non-hydrogen) atoms. The molecule has 0 saturated heterocycles. The SMILES string of the molecule is C=C(/N=C1\C(=C(N)N)N=CN1[C@@H](C[C@H](C)O)OCCO)Nc1ccc(CCCCCC)c(O)c1. The van der Waals surface area contributed by atoms with Crippen molar-refractivity contribution in [3.05, 3.63) is 47.7 Å². The third kappa shape index (κ3) is 8.05. The molecule has 2 atom stereocenters. The third-order valence-electron chi connectivity index (χ3n) is 5.21. The number of aliphatic imine (C=N–C) groups is 2. The Morgan fingerprint density at radius 2 is 2.06 bits per heavy atom. The molecule has 0 unspecified atom stereocenters. The number of amidine groups is 1. The van der Waals surface area contributed by atoms with E-state index in [1.54, 1.807) is 17.9 Å². The van der Waals surface area contributed by atoms with Crippen molar-refractivity contribution in [2.24, 2.45) is 21.5 Å². The minimum absolute atomic E-state index is 0.0340. The molecular weight excluding hydrogens is 436 g/mol. The zero-order valence-corrected chi connectivity index (χ0v) is 20.1. The highest BCUT2D eigenvalue weighted by atomic mass is 16.5. The molecule has 0 saturated carbocycles. The lowest BCUT2D eigenvalue weighted by molar-refractivity contribution is -0.0382. The Morgan fingerprint density at radius 3 is 2.68 bits per heavy atom. The zero-order valence-electron chi connectivity index (χ0n) is 20.1. The molecule has 1 aliphatic rings. The Hall–Kier alpha value is -3.08. The van der Waals surface area contributed by atoms with E-state index in [1.807, 2.05) is 12.1 Å². The number of hydrogen-bond donors (Lipinski definition) is 6. The van der Waals surface area contributed by atoms with Crippen molar-refractivity contribution in [3.63, 3.8) is 0 Å². The number of rotatable bonds is 14. The normalized spacial score (nSPS) is 16.2. The summed E-state index contributed by atoms with van der Waals surface area (Å²) in [5.74, 6) is 0.734. The lowest BCUT2D eigenvalue weighted by Gasteiger charge is -2.28. The van der Waals surface area contributed by atoms with Gasteiger partial charge in [0.1, 0.15) is 29.3 Å². The Balaban J connectivity index is 2.18. The molecule has 1 aromatic carbocycles. The highest BCUT2D eigenvalue weighted by molar-refractivity contribution is 6.09. The molecule has 0 radical (unpaired) electrons. The number of aliphatic hydroxyl groups is 2. The van der Waals surface area contributed by atoms with Gasteiger partial charge in [-0.1, -0.05) is 38.8 Å². The number of nitrogens with zero attached hydrogens (tertiary/aromatic N) is 3. The number of benzene rings is 1. The number of aryl methyl sites for hydroxylation is 1. The summed E-state index contributed by atoms with van der Waals surface area (Å²) in [6.45, 7) is 7.64. The van der Waals surface area contributed by atoms with Crippen LogP contribution in [0.25, 0.3) is 0 Å². The van der Waals surface area contributed by atoms with Crippen LogP contribution in [0.15, 0.2) is 52.1 Å². The summed E-state index contributed by atoms with van der Waals surface area (Å²) in [5, 5.41) is 32.5. The van der Waals surface area contributed by atoms with Gasteiger partial charge in [-0.05, 0) is 31.4 Å². The number of hydrogen-bond acceptors (Lipinski definition) is 9. The largest absolute Gasteiger partial charge is 0.508 e. The topological polar surface area (TPSA) is 162 Å². The maximum absolute atomic E-state index is 10.4. The quantitative estimate of drug-likeness (QED) is 0.224. The summed E-state index contributed by atoms with van der Waals surface area (Å²) in [6, 6.07) is 5.38. The molecule has 10 nitrogen and oxygen atoms in total. The van der Waals surface area contributed by atoms with Crippen LogP contribution >= 0.6 is 0 Å². The van der Waals surface area contributed by atoms with Crippen molar-refractivity contribution in [1.82, 2.24) is 4.90 Å². The fourth-order valence-electron chi connectivity index (χ4n) is 3.54. The van der Waals surface area contributed by atoms with Crippen LogP contribution in [0.1, 0.15) is 51.5 Å². The van der Waals surface area contributed by atoms with E-state index in [1.165, 1.54) is 19.2 Å². The van der Waals surface area contributed by atoms with Gasteiger partial charge in [-0.25, -0.2) is 9.98 Å². The van der Waals surface area contributed by atoms with Gasteiger partial charge >= 0.3 is 0 Å². The monoisotopic (exact) mass is 474 g/mol. The Morgan fingerprint density at radius 1 is 1.29 bits per heavy atom. The van der Waals surface area contributed by atoms with Gasteiger partial charge in [-0.2, -0.15) is 0 Å². The second kappa shape index (κ2) is 13.6. The predicted molar refractivity (Wildman–Crippen MR) is 135 cm³/mol. The molecule has 1 heterocycles. The molecule has 0 spiro atoms. The molecule has 1 aliphatic heterocycles. The number of unbranched alkanes of at least 4 members (excludes halogenated alkanes) is 3. The van der Waals surface area contributed by atoms with Gasteiger partial charge in [0, 0.05) is 18.2 Å². The lowest BCUT2D eigenvalue weighted by atomic mass is 10.0. The Kier molecular flexibility index (Phi) is 10.9. The van der Waals surface area contributed by atoms with Crippen molar-refractivity contribution in [3.8, 4) is 5.75 Å². The van der Waals surface area contributed by atoms with Gasteiger partial charge in [-0.15, -0.1) is 0 Å². The molecule has 188 valence electrons. The van der Waals surface area contributed by atoms with Crippen LogP contribution in [0.3, 0.4) is 0 Å². The third-order valence-corrected chi connectivity index (χ3v) is 5.21. The Bertz CT molecular complexity index is 909. The predicted octanol–water partition coefficient (Wildman–Crippen LogP) is 2.33. The molecule has 0 aliphatic carbocycles. The maximum atomic E-state index is 10.4. The van der Waals surface area contributed by atoms with Crippen molar-refractivity contribution in [1.29, 1.82) is 0 Å². The van der Waals surface area contributed by atoms with E-state index in [9.17, 15) is 10.2 Å². The van der Waals surface area contributed by atoms with Crippen LogP contribution in [-0.4, -0.2) is 57.9 Å². The standard InChI is InChI=1S/C24H38N6O4/c1-4-5-6-7-8-18-9-10-19(14-20(18)33)28-17(3)29-24-22(23(25)26)27-15-30(24)21(13-16(2)32)34-12-11-31/h9-10,14-16,21,28,31-33H,3-8,11-13,25-26H2,1-2H3/b29-24+/t16-,21+/m0/s1. The summed E-state index contributed by atoms with van der Waals surface area (Å²) >= 11 is 0. The molecule has 8 N–H and O–H groups in total. The molecule has 0 bridgehead atoms. The van der Waals surface area contributed by atoms with E-state index in [4.69, 9.17) is 21.3 Å². The summed E-state index contributed by atoms with van der Waals surface area (Å²) < 4.78 is 5.68. The fourth-order valence-corrected chi connectivity index (χ4v) is 3.54. The summed E-state index contributed by atoms with van der Waals surface area (Å²) in [5.41, 5.74) is 13.4. The van der Waals surface area contributed by atoms with Crippen molar-refractivity contribution < 1.29 is 20.1 Å². The van der Waals surface area contributed by atoms with Gasteiger partial charge in [0.05, 0.1) is 25.7 Å². The highest BCUT2D eigenvalue weighted by Gasteiger charge is 2.30. The minimum atomic E-state index is -0.675. The average Bonchev–Trinajstić information content (AvgIpc) is 3.18. The van der Waals surface area contributed by atoms with Crippen LogP contribution in [0.4, 0.5) is 5.69 Å². The van der Waals surface area contributed by atoms with E-state index in [-0.39, 0.29) is 48.6 Å². The first-order chi connectivity index (χ1) is 16.3. The zero-order chi connectivity index (χ0) is 25.1. The van der Waals surface area contributed by atoms with Gasteiger partial charge < -0.3 is 36.8 Å². The first-order valence-corrected chi connectivity index (χ1v) is 11.6. The van der Waals surface area contributed by atoms with E-state index in [2.05, 4.69) is 28.8 Å². The van der Waals surface area contributed by atoms with E-state index in [0.29, 0.717) is 5.69 Å². The Labute approximate surface area is 201 Å². The summed E-state index contributed by atoms with van der Waals surface area (Å²) in [7, 11) is 0.